The molecule has 36 heavy (non-hydrogen) atoms. The third kappa shape index (κ3) is 5.39. The van der Waals surface area contributed by atoms with Crippen molar-refractivity contribution in [1.82, 2.24) is 15.0 Å². The van der Waals surface area contributed by atoms with Gasteiger partial charge in [-0.05, 0) is 55.3 Å². The number of nitrogens with one attached hydrogen (secondary N) is 1. The van der Waals surface area contributed by atoms with Gasteiger partial charge in [0.05, 0.1) is 30.1 Å². The molecule has 0 bridgehead atoms. The van der Waals surface area contributed by atoms with Crippen LogP contribution in [0.4, 0.5) is 4.39 Å². The maximum absolute atomic E-state index is 14.0. The number of hydrogen-bond acceptors (Lipinski definition) is 7. The molecule has 0 radical (unpaired) electrons. The largest absolute Gasteiger partial charge is 0.493 e. The number of thiophene rings is 1. The Morgan fingerprint density at radius 2 is 2.08 bits per heavy atom. The maximum Gasteiger partial charge on any atom is 0.262 e. The Morgan fingerprint density at radius 3 is 2.83 bits per heavy atom. The van der Waals surface area contributed by atoms with E-state index in [1.54, 1.807) is 24.3 Å². The van der Waals surface area contributed by atoms with E-state index in [-0.39, 0.29) is 29.3 Å². The van der Waals surface area contributed by atoms with Crippen molar-refractivity contribution in [3.63, 3.8) is 0 Å². The average Bonchev–Trinajstić information content (AvgIpc) is 3.15. The van der Waals surface area contributed by atoms with Gasteiger partial charge >= 0.3 is 0 Å². The molecule has 0 atom stereocenters. The fourth-order valence-electron chi connectivity index (χ4n) is 3.46. The van der Waals surface area contributed by atoms with Crippen molar-refractivity contribution in [3.05, 3.63) is 85.5 Å². The van der Waals surface area contributed by atoms with Crippen LogP contribution in [0.1, 0.15) is 21.6 Å². The third-order valence-electron chi connectivity index (χ3n) is 5.49. The van der Waals surface area contributed by atoms with Crippen molar-refractivity contribution in [3.8, 4) is 11.5 Å². The van der Waals surface area contributed by atoms with Crippen LogP contribution >= 0.6 is 22.9 Å². The first kappa shape index (κ1) is 25.3. The summed E-state index contributed by atoms with van der Waals surface area (Å²) in [5.74, 6) is -0.156. The zero-order chi connectivity index (χ0) is 25.8. The number of halogens is 2. The van der Waals surface area contributed by atoms with Gasteiger partial charge in [-0.3, -0.25) is 14.2 Å². The number of benzene rings is 2. The van der Waals surface area contributed by atoms with Gasteiger partial charge in [0.15, 0.2) is 11.5 Å². The van der Waals surface area contributed by atoms with Crippen LogP contribution in [-0.4, -0.2) is 28.8 Å². The smallest absolute Gasteiger partial charge is 0.262 e. The summed E-state index contributed by atoms with van der Waals surface area (Å²) >= 11 is 7.49. The van der Waals surface area contributed by atoms with Crippen LogP contribution in [0.15, 0.2) is 52.6 Å². The number of carbonyl (C=O) groups is 1. The molecule has 2 aromatic heterocycles. The molecule has 186 valence electrons. The lowest BCUT2D eigenvalue weighted by Gasteiger charge is -2.12. The molecule has 4 rings (SSSR count). The minimum Gasteiger partial charge on any atom is -0.493 e. The lowest BCUT2D eigenvalue weighted by molar-refractivity contribution is -0.121. The average molecular weight is 529 g/mol. The van der Waals surface area contributed by atoms with Crippen molar-refractivity contribution >= 4 is 45.3 Å². The number of aryl methyl sites for hydroxylation is 2. The molecule has 0 aliphatic carbocycles. The van der Waals surface area contributed by atoms with E-state index in [0.717, 1.165) is 10.4 Å². The van der Waals surface area contributed by atoms with Crippen LogP contribution in [-0.2, 0) is 17.9 Å². The summed E-state index contributed by atoms with van der Waals surface area (Å²) in [5.41, 5.74) is 3.87. The summed E-state index contributed by atoms with van der Waals surface area (Å²) in [4.78, 5) is 31.0. The minimum absolute atomic E-state index is 0.0736. The summed E-state index contributed by atoms with van der Waals surface area (Å²) < 4.78 is 26.3. The topological polar surface area (TPSA) is 94.8 Å². The molecule has 2 aromatic carbocycles. The van der Waals surface area contributed by atoms with Gasteiger partial charge in [-0.1, -0.05) is 17.7 Å². The monoisotopic (exact) mass is 528 g/mol. The first-order valence-corrected chi connectivity index (χ1v) is 12.0. The van der Waals surface area contributed by atoms with E-state index in [0.29, 0.717) is 27.3 Å². The summed E-state index contributed by atoms with van der Waals surface area (Å²) in [7, 11) is 1.47. The molecule has 0 aliphatic heterocycles. The van der Waals surface area contributed by atoms with E-state index >= 15 is 0 Å². The summed E-state index contributed by atoms with van der Waals surface area (Å²) in [6.07, 6.45) is 2.79. The zero-order valence-electron chi connectivity index (χ0n) is 19.7. The number of methoxy groups -OCH3 is 1. The lowest BCUT2D eigenvalue weighted by atomic mass is 10.2. The standard InChI is InChI=1S/C25H22ClFN4O4S/c1-14-15(2)36-24-23(14)25(33)31(13-28-24)11-22(32)30-29-10-16-7-8-20(21(9-16)34-3)35-12-17-18(26)5-4-6-19(17)27/h4-10,13H,11-12H2,1-3H3,(H,30,32)/b29-10+. The van der Waals surface area contributed by atoms with Crippen molar-refractivity contribution in [2.75, 3.05) is 7.11 Å². The molecule has 1 N–H and O–H groups in total. The molecule has 0 fully saturated rings. The molecular weight excluding hydrogens is 507 g/mol. The number of aromatic nitrogens is 2. The Kier molecular flexibility index (Phi) is 7.66. The molecule has 11 heteroatoms. The molecular formula is C25H22ClFN4O4S. The molecule has 1 amide bonds. The van der Waals surface area contributed by atoms with Crippen LogP contribution in [0.5, 0.6) is 11.5 Å². The van der Waals surface area contributed by atoms with Crippen LogP contribution in [0.25, 0.3) is 10.2 Å². The normalized spacial score (nSPS) is 11.2. The number of ether oxygens (including phenoxy) is 2. The van der Waals surface area contributed by atoms with Crippen molar-refractivity contribution < 1.29 is 18.7 Å². The molecule has 4 aromatic rings. The van der Waals surface area contributed by atoms with Gasteiger partial charge in [0, 0.05) is 10.4 Å². The van der Waals surface area contributed by atoms with Gasteiger partial charge in [0.1, 0.15) is 23.8 Å². The van der Waals surface area contributed by atoms with E-state index in [2.05, 4.69) is 15.5 Å². The van der Waals surface area contributed by atoms with Crippen LogP contribution in [0.2, 0.25) is 5.02 Å². The molecule has 0 saturated carbocycles. The Labute approximate surface area is 215 Å². The van der Waals surface area contributed by atoms with Gasteiger partial charge in [-0.15, -0.1) is 11.3 Å². The highest BCUT2D eigenvalue weighted by atomic mass is 35.5. The summed E-state index contributed by atoms with van der Waals surface area (Å²) in [6.45, 7) is 3.50. The molecule has 0 saturated heterocycles. The molecule has 2 heterocycles. The van der Waals surface area contributed by atoms with E-state index in [4.69, 9.17) is 21.1 Å². The number of hydrazone groups is 1. The number of rotatable bonds is 8. The minimum atomic E-state index is -0.479. The first-order chi connectivity index (χ1) is 17.3. The number of nitrogens with zero attached hydrogens (tertiary/aromatic N) is 3. The third-order valence-corrected chi connectivity index (χ3v) is 6.96. The van der Waals surface area contributed by atoms with E-state index < -0.39 is 11.7 Å². The zero-order valence-corrected chi connectivity index (χ0v) is 21.2. The van der Waals surface area contributed by atoms with Crippen LogP contribution in [0.3, 0.4) is 0 Å². The Hall–Kier alpha value is -3.76. The molecule has 0 unspecified atom stereocenters. The highest BCUT2D eigenvalue weighted by molar-refractivity contribution is 7.18. The van der Waals surface area contributed by atoms with Gasteiger partial charge in [0.25, 0.3) is 11.5 Å². The van der Waals surface area contributed by atoms with E-state index in [9.17, 15) is 14.0 Å². The second-order valence-corrected chi connectivity index (χ2v) is 9.44. The predicted molar refractivity (Wildman–Crippen MR) is 138 cm³/mol. The van der Waals surface area contributed by atoms with Gasteiger partial charge in [0.2, 0.25) is 0 Å². The van der Waals surface area contributed by atoms with Gasteiger partial charge < -0.3 is 9.47 Å². The maximum atomic E-state index is 14.0. The van der Waals surface area contributed by atoms with Crippen molar-refractivity contribution in [2.24, 2.45) is 5.10 Å². The number of hydrogen-bond donors (Lipinski definition) is 1. The van der Waals surface area contributed by atoms with Crippen LogP contribution < -0.4 is 20.5 Å². The molecule has 0 spiro atoms. The highest BCUT2D eigenvalue weighted by Gasteiger charge is 2.14. The Balaban J connectivity index is 1.40. The van der Waals surface area contributed by atoms with Crippen molar-refractivity contribution in [1.29, 1.82) is 0 Å². The second kappa shape index (κ2) is 10.9. The van der Waals surface area contributed by atoms with Gasteiger partial charge in [-0.25, -0.2) is 14.8 Å². The quantitative estimate of drug-likeness (QED) is 0.266. The van der Waals surface area contributed by atoms with Gasteiger partial charge in [-0.2, -0.15) is 5.10 Å². The summed E-state index contributed by atoms with van der Waals surface area (Å²) in [6, 6.07) is 9.41. The lowest BCUT2D eigenvalue weighted by Crippen LogP contribution is -2.30. The Bertz CT molecular complexity index is 1510. The predicted octanol–water partition coefficient (Wildman–Crippen LogP) is 4.61. The number of fused-ring (bicyclic) bond motifs is 1. The SMILES string of the molecule is COc1cc(/C=N/NC(=O)Cn2cnc3sc(C)c(C)c3c2=O)ccc1OCc1c(F)cccc1Cl. The van der Waals surface area contributed by atoms with Crippen molar-refractivity contribution in [2.45, 2.75) is 27.0 Å². The Morgan fingerprint density at radius 1 is 1.28 bits per heavy atom. The fourth-order valence-corrected chi connectivity index (χ4v) is 4.66. The van der Waals surface area contributed by atoms with E-state index in [1.165, 1.54) is 47.7 Å². The van der Waals surface area contributed by atoms with Crippen LogP contribution in [0, 0.1) is 19.7 Å². The van der Waals surface area contributed by atoms with E-state index in [1.807, 2.05) is 13.8 Å². The molecule has 8 nitrogen and oxygen atoms in total. The number of carbonyl (C=O) groups excluding carboxylic acids is 1. The second-order valence-electron chi connectivity index (χ2n) is 7.83. The highest BCUT2D eigenvalue weighted by Crippen LogP contribution is 2.30. The first-order valence-electron chi connectivity index (χ1n) is 10.8. The fraction of sp³-hybridized carbons (Fsp3) is 0.200. The summed E-state index contributed by atoms with van der Waals surface area (Å²) in [5, 5.41) is 4.75. The molecule has 0 aliphatic rings. The number of amides is 1.